The Kier molecular flexibility index (Phi) is 5.81. The van der Waals surface area contributed by atoms with Gasteiger partial charge in [0.25, 0.3) is 0 Å². The van der Waals surface area contributed by atoms with Crippen LogP contribution in [0.4, 0.5) is 4.79 Å². The number of urea groups is 1. The molecular weight excluding hydrogens is 346 g/mol. The summed E-state index contributed by atoms with van der Waals surface area (Å²) in [5, 5.41) is 4.12. The van der Waals surface area contributed by atoms with E-state index in [2.05, 4.69) is 36.3 Å². The van der Waals surface area contributed by atoms with Gasteiger partial charge in [-0.05, 0) is 45.4 Å². The summed E-state index contributed by atoms with van der Waals surface area (Å²) in [7, 11) is 0. The number of piperidine rings is 1. The Bertz CT molecular complexity index is 766. The molecule has 1 saturated heterocycles. The van der Waals surface area contributed by atoms with E-state index in [0.717, 1.165) is 29.3 Å². The van der Waals surface area contributed by atoms with Gasteiger partial charge < -0.3 is 15.0 Å². The minimum Gasteiger partial charge on any atom is -0.490 e. The van der Waals surface area contributed by atoms with E-state index in [4.69, 9.17) is 4.74 Å². The number of benzene rings is 1. The number of amides is 2. The Hall–Kier alpha value is -2.08. The number of ether oxygens (including phenoxy) is 1. The molecule has 0 saturated carbocycles. The van der Waals surface area contributed by atoms with Crippen molar-refractivity contribution in [3.63, 3.8) is 0 Å². The van der Waals surface area contributed by atoms with E-state index in [0.29, 0.717) is 13.1 Å². The largest absolute Gasteiger partial charge is 0.490 e. The highest BCUT2D eigenvalue weighted by Crippen LogP contribution is 2.23. The molecule has 1 N–H and O–H groups in total. The van der Waals surface area contributed by atoms with Crippen LogP contribution in [0.2, 0.25) is 0 Å². The number of aromatic nitrogens is 1. The standard InChI is InChI=1S/C20H27N3O2S/c1-13-6-5-7-18(12-13)25-17-8-10-23(11-9-17)20(24)21-14(2)19-15(3)26-16(4)22-19/h5-7,12,14,17H,8-11H2,1-4H3,(H,21,24)/t14-/m0/s1. The monoisotopic (exact) mass is 373 g/mol. The third kappa shape index (κ3) is 4.55. The van der Waals surface area contributed by atoms with Crippen molar-refractivity contribution >= 4 is 17.4 Å². The van der Waals surface area contributed by atoms with E-state index in [1.807, 2.05) is 30.9 Å². The van der Waals surface area contributed by atoms with Crippen molar-refractivity contribution < 1.29 is 9.53 Å². The highest BCUT2D eigenvalue weighted by Gasteiger charge is 2.25. The lowest BCUT2D eigenvalue weighted by molar-refractivity contribution is 0.110. The number of likely N-dealkylation sites (tertiary alicyclic amines) is 1. The van der Waals surface area contributed by atoms with Gasteiger partial charge in [-0.2, -0.15) is 0 Å². The van der Waals surface area contributed by atoms with Crippen LogP contribution in [-0.2, 0) is 0 Å². The van der Waals surface area contributed by atoms with Crippen LogP contribution < -0.4 is 10.1 Å². The fourth-order valence-corrected chi connectivity index (χ4v) is 4.26. The van der Waals surface area contributed by atoms with E-state index in [9.17, 15) is 4.79 Å². The summed E-state index contributed by atoms with van der Waals surface area (Å²) in [5.74, 6) is 0.913. The van der Waals surface area contributed by atoms with Gasteiger partial charge >= 0.3 is 6.03 Å². The zero-order valence-corrected chi connectivity index (χ0v) is 16.7. The highest BCUT2D eigenvalue weighted by molar-refractivity contribution is 7.11. The first kappa shape index (κ1) is 18.7. The number of nitrogens with zero attached hydrogens (tertiary/aromatic N) is 2. The van der Waals surface area contributed by atoms with E-state index in [-0.39, 0.29) is 18.2 Å². The number of aryl methyl sites for hydroxylation is 3. The van der Waals surface area contributed by atoms with Crippen LogP contribution in [0, 0.1) is 20.8 Å². The predicted octanol–water partition coefficient (Wildman–Crippen LogP) is 4.38. The minimum atomic E-state index is -0.0753. The topological polar surface area (TPSA) is 54.5 Å². The Labute approximate surface area is 159 Å². The molecule has 2 amide bonds. The summed E-state index contributed by atoms with van der Waals surface area (Å²) in [6.07, 6.45) is 1.87. The maximum atomic E-state index is 12.6. The molecule has 0 aliphatic carbocycles. The van der Waals surface area contributed by atoms with Gasteiger partial charge in [0.05, 0.1) is 16.7 Å². The number of hydrogen-bond donors (Lipinski definition) is 1. The third-order valence-electron chi connectivity index (χ3n) is 4.71. The van der Waals surface area contributed by atoms with E-state index >= 15 is 0 Å². The van der Waals surface area contributed by atoms with Crippen LogP contribution in [0.25, 0.3) is 0 Å². The van der Waals surface area contributed by atoms with Crippen LogP contribution in [0.5, 0.6) is 5.75 Å². The van der Waals surface area contributed by atoms with Crippen molar-refractivity contribution in [3.8, 4) is 5.75 Å². The normalized spacial score (nSPS) is 16.4. The van der Waals surface area contributed by atoms with E-state index in [1.165, 1.54) is 10.4 Å². The number of rotatable bonds is 4. The van der Waals surface area contributed by atoms with Crippen molar-refractivity contribution in [2.75, 3.05) is 13.1 Å². The zero-order chi connectivity index (χ0) is 18.7. The summed E-state index contributed by atoms with van der Waals surface area (Å²) < 4.78 is 6.07. The molecule has 0 radical (unpaired) electrons. The molecule has 6 heteroatoms. The van der Waals surface area contributed by atoms with Crippen LogP contribution in [0.3, 0.4) is 0 Å². The molecule has 26 heavy (non-hydrogen) atoms. The first-order valence-electron chi connectivity index (χ1n) is 9.15. The van der Waals surface area contributed by atoms with Crippen molar-refractivity contribution in [1.82, 2.24) is 15.2 Å². The Balaban J connectivity index is 1.49. The fraction of sp³-hybridized carbons (Fsp3) is 0.500. The average Bonchev–Trinajstić information content (AvgIpc) is 2.94. The quantitative estimate of drug-likeness (QED) is 0.865. The van der Waals surface area contributed by atoms with Crippen molar-refractivity contribution in [2.45, 2.75) is 52.7 Å². The second-order valence-corrected chi connectivity index (χ2v) is 8.37. The second-order valence-electron chi connectivity index (χ2n) is 6.97. The first-order valence-corrected chi connectivity index (χ1v) is 9.96. The summed E-state index contributed by atoms with van der Waals surface area (Å²) in [4.78, 5) is 20.1. The molecular formula is C20H27N3O2S. The van der Waals surface area contributed by atoms with Gasteiger partial charge in [-0.15, -0.1) is 11.3 Å². The number of carbonyl (C=O) groups excluding carboxylic acids is 1. The van der Waals surface area contributed by atoms with E-state index in [1.54, 1.807) is 11.3 Å². The number of nitrogens with one attached hydrogen (secondary N) is 1. The van der Waals surface area contributed by atoms with Gasteiger partial charge in [-0.3, -0.25) is 0 Å². The molecule has 0 unspecified atom stereocenters. The second kappa shape index (κ2) is 8.08. The lowest BCUT2D eigenvalue weighted by Crippen LogP contribution is -2.47. The number of carbonyl (C=O) groups is 1. The Morgan fingerprint density at radius 2 is 2.04 bits per heavy atom. The summed E-state index contributed by atoms with van der Waals surface area (Å²) in [6, 6.07) is 8.03. The maximum absolute atomic E-state index is 12.6. The summed E-state index contributed by atoms with van der Waals surface area (Å²) >= 11 is 1.67. The maximum Gasteiger partial charge on any atom is 0.317 e. The third-order valence-corrected chi connectivity index (χ3v) is 5.61. The van der Waals surface area contributed by atoms with Gasteiger partial charge in [0.2, 0.25) is 0 Å². The average molecular weight is 374 g/mol. The van der Waals surface area contributed by atoms with Gasteiger partial charge in [0, 0.05) is 30.8 Å². The molecule has 1 fully saturated rings. The molecule has 0 bridgehead atoms. The van der Waals surface area contributed by atoms with Crippen molar-refractivity contribution in [3.05, 3.63) is 45.4 Å². The summed E-state index contributed by atoms with van der Waals surface area (Å²) in [6.45, 7) is 9.53. The predicted molar refractivity (Wildman–Crippen MR) is 105 cm³/mol. The fourth-order valence-electron chi connectivity index (χ4n) is 3.35. The summed E-state index contributed by atoms with van der Waals surface area (Å²) in [5.41, 5.74) is 2.17. The Morgan fingerprint density at radius 3 is 2.65 bits per heavy atom. The van der Waals surface area contributed by atoms with Crippen molar-refractivity contribution in [1.29, 1.82) is 0 Å². The van der Waals surface area contributed by atoms with Gasteiger partial charge in [0.1, 0.15) is 11.9 Å². The smallest absolute Gasteiger partial charge is 0.317 e. The first-order chi connectivity index (χ1) is 12.4. The van der Waals surface area contributed by atoms with Gasteiger partial charge in [-0.1, -0.05) is 12.1 Å². The molecule has 1 aromatic heterocycles. The lowest BCUT2D eigenvalue weighted by Gasteiger charge is -2.33. The minimum absolute atomic E-state index is 0.0171. The zero-order valence-electron chi connectivity index (χ0n) is 15.9. The molecule has 2 heterocycles. The van der Waals surface area contributed by atoms with Crippen molar-refractivity contribution in [2.24, 2.45) is 0 Å². The molecule has 5 nitrogen and oxygen atoms in total. The number of hydrogen-bond acceptors (Lipinski definition) is 4. The molecule has 3 rings (SSSR count). The van der Waals surface area contributed by atoms with Crippen LogP contribution in [-0.4, -0.2) is 35.1 Å². The van der Waals surface area contributed by atoms with Gasteiger partial charge in [-0.25, -0.2) is 9.78 Å². The molecule has 1 atom stereocenters. The highest BCUT2D eigenvalue weighted by atomic mass is 32.1. The van der Waals surface area contributed by atoms with Gasteiger partial charge in [0.15, 0.2) is 0 Å². The van der Waals surface area contributed by atoms with Crippen LogP contribution in [0.1, 0.15) is 46.9 Å². The van der Waals surface area contributed by atoms with Crippen LogP contribution in [0.15, 0.2) is 24.3 Å². The van der Waals surface area contributed by atoms with E-state index < -0.39 is 0 Å². The molecule has 140 valence electrons. The van der Waals surface area contributed by atoms with Crippen LogP contribution >= 0.6 is 11.3 Å². The number of thiazole rings is 1. The molecule has 0 spiro atoms. The molecule has 1 aliphatic rings. The molecule has 2 aromatic rings. The molecule has 1 aromatic carbocycles. The molecule has 1 aliphatic heterocycles. The Morgan fingerprint density at radius 1 is 1.31 bits per heavy atom. The SMILES string of the molecule is Cc1cccc(OC2CCN(C(=O)N[C@@H](C)c3nc(C)sc3C)CC2)c1. The lowest BCUT2D eigenvalue weighted by atomic mass is 10.1.